The van der Waals surface area contributed by atoms with Crippen molar-refractivity contribution in [1.82, 2.24) is 0 Å². The number of Topliss-reactive ketones (excluding diaryl/α,β-unsaturated/α-hetero) is 1. The number of ketones is 1. The number of nitrogens with one attached hydrogen (secondary N) is 1. The van der Waals surface area contributed by atoms with Crippen LogP contribution in [0.15, 0.2) is 51.4 Å². The topological polar surface area (TPSA) is 55.4 Å². The lowest BCUT2D eigenvalue weighted by atomic mass is 10.1. The Morgan fingerprint density at radius 3 is 2.52 bits per heavy atom. The van der Waals surface area contributed by atoms with Crippen LogP contribution >= 0.6 is 31.9 Å². The summed E-state index contributed by atoms with van der Waals surface area (Å²) in [5.74, 6) is 0.234. The zero-order chi connectivity index (χ0) is 17.0. The number of hydrogen-bond donors (Lipinski definition) is 1. The highest BCUT2D eigenvalue weighted by Gasteiger charge is 2.16. The first-order chi connectivity index (χ1) is 10.9. The summed E-state index contributed by atoms with van der Waals surface area (Å²) in [6, 6.07) is 12.3. The highest BCUT2D eigenvalue weighted by molar-refractivity contribution is 9.11. The molecule has 4 nitrogen and oxygen atoms in total. The molecule has 2 aromatic rings. The number of ether oxygens (including phenoxy) is 1. The summed E-state index contributed by atoms with van der Waals surface area (Å²) >= 11 is 6.75. The third-order valence-electron chi connectivity index (χ3n) is 3.10. The van der Waals surface area contributed by atoms with E-state index < -0.39 is 6.10 Å². The average Bonchev–Trinajstić information content (AvgIpc) is 2.50. The molecule has 0 bridgehead atoms. The summed E-state index contributed by atoms with van der Waals surface area (Å²) in [7, 11) is 0. The second kappa shape index (κ2) is 7.75. The molecule has 0 spiro atoms. The molecule has 1 amide bonds. The number of benzene rings is 2. The van der Waals surface area contributed by atoms with Gasteiger partial charge in [0, 0.05) is 15.7 Å². The molecule has 0 heterocycles. The van der Waals surface area contributed by atoms with Gasteiger partial charge >= 0.3 is 0 Å². The summed E-state index contributed by atoms with van der Waals surface area (Å²) in [4.78, 5) is 23.6. The molecule has 2 aromatic carbocycles. The third kappa shape index (κ3) is 4.91. The van der Waals surface area contributed by atoms with E-state index in [-0.39, 0.29) is 11.7 Å². The number of carbonyl (C=O) groups is 2. The van der Waals surface area contributed by atoms with Gasteiger partial charge in [0.1, 0.15) is 5.75 Å². The molecule has 0 aromatic heterocycles. The monoisotopic (exact) mass is 439 g/mol. The van der Waals surface area contributed by atoms with Crippen molar-refractivity contribution in [3.63, 3.8) is 0 Å². The number of carbonyl (C=O) groups excluding carboxylic acids is 2. The molecule has 6 heteroatoms. The molecule has 0 aliphatic rings. The summed E-state index contributed by atoms with van der Waals surface area (Å²) in [5.41, 5.74) is 1.11. The van der Waals surface area contributed by atoms with Gasteiger partial charge in [0.05, 0.1) is 4.47 Å². The Hall–Kier alpha value is -1.66. The Bertz CT molecular complexity index is 746. The van der Waals surface area contributed by atoms with E-state index >= 15 is 0 Å². The molecule has 0 aliphatic heterocycles. The van der Waals surface area contributed by atoms with Crippen LogP contribution in [0.5, 0.6) is 5.75 Å². The maximum Gasteiger partial charge on any atom is 0.265 e. The number of rotatable bonds is 5. The average molecular weight is 441 g/mol. The lowest BCUT2D eigenvalue weighted by Gasteiger charge is -2.16. The van der Waals surface area contributed by atoms with E-state index in [1.54, 1.807) is 37.3 Å². The van der Waals surface area contributed by atoms with Crippen LogP contribution in [0.2, 0.25) is 0 Å². The predicted octanol–water partition coefficient (Wildman–Crippen LogP) is 4.82. The fourth-order valence-electron chi connectivity index (χ4n) is 1.87. The Morgan fingerprint density at radius 2 is 1.87 bits per heavy atom. The molecule has 1 unspecified atom stereocenters. The zero-order valence-corrected chi connectivity index (χ0v) is 15.8. The largest absolute Gasteiger partial charge is 0.480 e. The maximum absolute atomic E-state index is 12.2. The van der Waals surface area contributed by atoms with E-state index in [0.717, 1.165) is 8.95 Å². The van der Waals surface area contributed by atoms with E-state index in [9.17, 15) is 9.59 Å². The number of halogens is 2. The quantitative estimate of drug-likeness (QED) is 0.678. The van der Waals surface area contributed by atoms with E-state index in [1.807, 2.05) is 12.1 Å². The van der Waals surface area contributed by atoms with Crippen LogP contribution < -0.4 is 10.1 Å². The molecule has 1 atom stereocenters. The van der Waals surface area contributed by atoms with Crippen molar-refractivity contribution in [2.45, 2.75) is 20.0 Å². The van der Waals surface area contributed by atoms with Crippen molar-refractivity contribution in [2.24, 2.45) is 0 Å². The normalized spacial score (nSPS) is 11.7. The van der Waals surface area contributed by atoms with Crippen molar-refractivity contribution in [2.75, 3.05) is 5.32 Å². The van der Waals surface area contributed by atoms with E-state index in [0.29, 0.717) is 17.0 Å². The summed E-state index contributed by atoms with van der Waals surface area (Å²) in [6.07, 6.45) is -0.687. The molecule has 0 aliphatic carbocycles. The van der Waals surface area contributed by atoms with Crippen LogP contribution in [0.25, 0.3) is 0 Å². The SMILES string of the molecule is CC(=O)c1cccc(NC(=O)C(C)Oc2ccc(Br)cc2Br)c1. The highest BCUT2D eigenvalue weighted by atomic mass is 79.9. The van der Waals surface area contributed by atoms with Gasteiger partial charge < -0.3 is 10.1 Å². The first-order valence-corrected chi connectivity index (χ1v) is 8.49. The summed E-state index contributed by atoms with van der Waals surface area (Å²) in [6.45, 7) is 3.15. The van der Waals surface area contributed by atoms with Crippen molar-refractivity contribution >= 4 is 49.2 Å². The van der Waals surface area contributed by atoms with Crippen molar-refractivity contribution in [1.29, 1.82) is 0 Å². The smallest absolute Gasteiger partial charge is 0.265 e. The molecular formula is C17H15Br2NO3. The van der Waals surface area contributed by atoms with Crippen LogP contribution in [0.1, 0.15) is 24.2 Å². The van der Waals surface area contributed by atoms with Crippen molar-refractivity contribution in [3.8, 4) is 5.75 Å². The van der Waals surface area contributed by atoms with Gasteiger partial charge in [-0.1, -0.05) is 28.1 Å². The van der Waals surface area contributed by atoms with Crippen LogP contribution in [-0.2, 0) is 4.79 Å². The third-order valence-corrected chi connectivity index (χ3v) is 4.22. The van der Waals surface area contributed by atoms with Gasteiger partial charge in [-0.25, -0.2) is 0 Å². The van der Waals surface area contributed by atoms with E-state index in [1.165, 1.54) is 6.92 Å². The Balaban J connectivity index is 2.05. The molecule has 1 N–H and O–H groups in total. The summed E-state index contributed by atoms with van der Waals surface area (Å²) < 4.78 is 7.33. The second-order valence-electron chi connectivity index (χ2n) is 4.96. The van der Waals surface area contributed by atoms with Gasteiger partial charge in [-0.3, -0.25) is 9.59 Å². The standard InChI is InChI=1S/C17H15Br2NO3/c1-10(21)12-4-3-5-14(8-12)20-17(22)11(2)23-16-7-6-13(18)9-15(16)19/h3-9,11H,1-2H3,(H,20,22). The molecule has 2 rings (SSSR count). The van der Waals surface area contributed by atoms with Crippen LogP contribution in [0.4, 0.5) is 5.69 Å². The molecule has 0 fully saturated rings. The number of amides is 1. The van der Waals surface area contributed by atoms with Gasteiger partial charge in [0.2, 0.25) is 0 Å². The molecular weight excluding hydrogens is 426 g/mol. The lowest BCUT2D eigenvalue weighted by Crippen LogP contribution is -2.30. The molecule has 0 saturated carbocycles. The highest BCUT2D eigenvalue weighted by Crippen LogP contribution is 2.29. The molecule has 23 heavy (non-hydrogen) atoms. The van der Waals surface area contributed by atoms with E-state index in [4.69, 9.17) is 4.74 Å². The first kappa shape index (κ1) is 17.7. The van der Waals surface area contributed by atoms with Crippen LogP contribution in [0.3, 0.4) is 0 Å². The lowest BCUT2D eigenvalue weighted by molar-refractivity contribution is -0.122. The van der Waals surface area contributed by atoms with Gasteiger partial charge in [-0.15, -0.1) is 0 Å². The van der Waals surface area contributed by atoms with Gasteiger partial charge in [0.25, 0.3) is 5.91 Å². The maximum atomic E-state index is 12.2. The minimum Gasteiger partial charge on any atom is -0.480 e. The van der Waals surface area contributed by atoms with Crippen LogP contribution in [-0.4, -0.2) is 17.8 Å². The van der Waals surface area contributed by atoms with Gasteiger partial charge in [-0.05, 0) is 60.1 Å². The Kier molecular flexibility index (Phi) is 5.96. The zero-order valence-electron chi connectivity index (χ0n) is 12.6. The van der Waals surface area contributed by atoms with Gasteiger partial charge in [0.15, 0.2) is 11.9 Å². The Labute approximate surface area is 151 Å². The van der Waals surface area contributed by atoms with E-state index in [2.05, 4.69) is 37.2 Å². The predicted molar refractivity (Wildman–Crippen MR) is 97.0 cm³/mol. The van der Waals surface area contributed by atoms with Crippen LogP contribution in [0, 0.1) is 0 Å². The van der Waals surface area contributed by atoms with Crippen molar-refractivity contribution in [3.05, 3.63) is 57.0 Å². The van der Waals surface area contributed by atoms with Crippen molar-refractivity contribution < 1.29 is 14.3 Å². The second-order valence-corrected chi connectivity index (χ2v) is 6.73. The number of anilines is 1. The summed E-state index contributed by atoms with van der Waals surface area (Å²) in [5, 5.41) is 2.75. The fourth-order valence-corrected chi connectivity index (χ4v) is 3.02. The van der Waals surface area contributed by atoms with Gasteiger partial charge in [-0.2, -0.15) is 0 Å². The minimum atomic E-state index is -0.687. The fraction of sp³-hybridized carbons (Fsp3) is 0.176. The number of hydrogen-bond acceptors (Lipinski definition) is 3. The first-order valence-electron chi connectivity index (χ1n) is 6.90. The molecule has 120 valence electrons. The minimum absolute atomic E-state index is 0.0517. The molecule has 0 radical (unpaired) electrons. The Morgan fingerprint density at radius 1 is 1.13 bits per heavy atom. The molecule has 0 saturated heterocycles.